The minimum Gasteiger partial charge on any atom is -0.398 e. The van der Waals surface area contributed by atoms with Crippen LogP contribution in [-0.4, -0.2) is 37.5 Å². The number of nitrogens with zero attached hydrogens (tertiary/aromatic N) is 1. The summed E-state index contributed by atoms with van der Waals surface area (Å²) in [6.45, 7) is 2.50. The number of nitrogen functional groups attached to an aromatic ring is 1. The van der Waals surface area contributed by atoms with Crippen molar-refractivity contribution in [3.8, 4) is 0 Å². The lowest BCUT2D eigenvalue weighted by atomic mass is 10.1. The van der Waals surface area contributed by atoms with Crippen molar-refractivity contribution < 1.29 is 13.5 Å². The summed E-state index contributed by atoms with van der Waals surface area (Å²) < 4.78 is 26.3. The minimum absolute atomic E-state index is 0.00279. The molecule has 5 nitrogen and oxygen atoms in total. The summed E-state index contributed by atoms with van der Waals surface area (Å²) in [6.07, 6.45) is 0.671. The molecule has 0 amide bonds. The Kier molecular flexibility index (Phi) is 4.06. The van der Waals surface area contributed by atoms with E-state index in [0.29, 0.717) is 35.8 Å². The van der Waals surface area contributed by atoms with Crippen LogP contribution >= 0.6 is 11.6 Å². The largest absolute Gasteiger partial charge is 0.398 e. The van der Waals surface area contributed by atoms with Crippen LogP contribution in [0, 0.1) is 12.8 Å². The first-order valence-corrected chi connectivity index (χ1v) is 7.84. The Morgan fingerprint density at radius 2 is 2.21 bits per heavy atom. The molecule has 0 spiro atoms. The molecule has 2 rings (SSSR count). The maximum Gasteiger partial charge on any atom is 0.243 e. The smallest absolute Gasteiger partial charge is 0.243 e. The first kappa shape index (κ1) is 14.6. The molecule has 19 heavy (non-hydrogen) atoms. The number of nitrogens with two attached hydrogens (primary N) is 1. The van der Waals surface area contributed by atoms with Crippen LogP contribution < -0.4 is 5.73 Å². The number of hydrogen-bond donors (Lipinski definition) is 2. The van der Waals surface area contributed by atoms with Crippen molar-refractivity contribution in [1.82, 2.24) is 4.31 Å². The van der Waals surface area contributed by atoms with E-state index in [9.17, 15) is 8.42 Å². The summed E-state index contributed by atoms with van der Waals surface area (Å²) in [5, 5.41) is 9.43. The number of hydrogen-bond acceptors (Lipinski definition) is 4. The Labute approximate surface area is 118 Å². The van der Waals surface area contributed by atoms with Gasteiger partial charge < -0.3 is 10.8 Å². The Morgan fingerprint density at radius 1 is 1.53 bits per heavy atom. The van der Waals surface area contributed by atoms with Crippen LogP contribution in [0.2, 0.25) is 5.02 Å². The van der Waals surface area contributed by atoms with Gasteiger partial charge in [-0.25, -0.2) is 8.42 Å². The highest BCUT2D eigenvalue weighted by Gasteiger charge is 2.32. The summed E-state index contributed by atoms with van der Waals surface area (Å²) in [5.74, 6) is 0.00745. The fourth-order valence-corrected chi connectivity index (χ4v) is 4.02. The van der Waals surface area contributed by atoms with Crippen LogP contribution in [0.5, 0.6) is 0 Å². The van der Waals surface area contributed by atoms with E-state index in [1.54, 1.807) is 6.92 Å². The van der Waals surface area contributed by atoms with Gasteiger partial charge in [-0.1, -0.05) is 11.6 Å². The van der Waals surface area contributed by atoms with Gasteiger partial charge in [0.2, 0.25) is 10.0 Å². The van der Waals surface area contributed by atoms with Crippen LogP contribution in [0.4, 0.5) is 5.69 Å². The Bertz CT molecular complexity index is 566. The monoisotopic (exact) mass is 304 g/mol. The molecule has 0 aromatic heterocycles. The molecule has 1 saturated heterocycles. The molecule has 0 saturated carbocycles. The summed E-state index contributed by atoms with van der Waals surface area (Å²) in [7, 11) is -3.59. The van der Waals surface area contributed by atoms with Gasteiger partial charge in [0, 0.05) is 30.4 Å². The van der Waals surface area contributed by atoms with Gasteiger partial charge in [0.25, 0.3) is 0 Å². The molecule has 1 fully saturated rings. The van der Waals surface area contributed by atoms with Crippen molar-refractivity contribution in [3.05, 3.63) is 22.7 Å². The van der Waals surface area contributed by atoms with Gasteiger partial charge in [0.15, 0.2) is 0 Å². The van der Waals surface area contributed by atoms with E-state index in [4.69, 9.17) is 22.4 Å². The van der Waals surface area contributed by atoms with Gasteiger partial charge >= 0.3 is 0 Å². The normalized spacial score (nSPS) is 20.9. The van der Waals surface area contributed by atoms with E-state index in [1.165, 1.54) is 16.4 Å². The molecule has 106 valence electrons. The van der Waals surface area contributed by atoms with Crippen molar-refractivity contribution >= 4 is 27.3 Å². The first-order chi connectivity index (χ1) is 8.86. The van der Waals surface area contributed by atoms with Crippen molar-refractivity contribution in [3.63, 3.8) is 0 Å². The molecule has 1 aliphatic rings. The fraction of sp³-hybridized carbons (Fsp3) is 0.500. The second kappa shape index (κ2) is 5.28. The van der Waals surface area contributed by atoms with E-state index in [2.05, 4.69) is 0 Å². The van der Waals surface area contributed by atoms with E-state index in [0.717, 1.165) is 0 Å². The lowest BCUT2D eigenvalue weighted by Crippen LogP contribution is -2.29. The number of sulfonamides is 1. The van der Waals surface area contributed by atoms with E-state index < -0.39 is 10.0 Å². The molecule has 1 aromatic carbocycles. The van der Waals surface area contributed by atoms with Gasteiger partial charge in [0.1, 0.15) is 0 Å². The molecule has 0 aliphatic carbocycles. The maximum absolute atomic E-state index is 12.4. The average Bonchev–Trinajstić information content (AvgIpc) is 2.84. The third-order valence-electron chi connectivity index (χ3n) is 3.50. The lowest BCUT2D eigenvalue weighted by molar-refractivity contribution is 0.233. The minimum atomic E-state index is -3.59. The second-order valence-corrected chi connectivity index (χ2v) is 7.16. The van der Waals surface area contributed by atoms with Crippen LogP contribution in [0.15, 0.2) is 17.0 Å². The Morgan fingerprint density at radius 3 is 2.74 bits per heavy atom. The maximum atomic E-state index is 12.4. The zero-order chi connectivity index (χ0) is 14.2. The number of anilines is 1. The lowest BCUT2D eigenvalue weighted by Gasteiger charge is -2.17. The highest BCUT2D eigenvalue weighted by molar-refractivity contribution is 7.89. The predicted octanol–water partition coefficient (Wildman–Crippen LogP) is 1.23. The summed E-state index contributed by atoms with van der Waals surface area (Å²) in [4.78, 5) is 0.110. The standard InChI is InChI=1S/C12H17ClN2O3S/c1-8-11(13)4-10(5-12(8)14)19(17,18)15-3-2-9(6-15)7-16/h4-5,9,16H,2-3,6-7,14H2,1H3. The predicted molar refractivity (Wildman–Crippen MR) is 74.6 cm³/mol. The quantitative estimate of drug-likeness (QED) is 0.823. The van der Waals surface area contributed by atoms with Crippen LogP contribution in [-0.2, 0) is 10.0 Å². The Balaban J connectivity index is 2.35. The molecule has 1 heterocycles. The fourth-order valence-electron chi connectivity index (χ4n) is 2.14. The molecular weight excluding hydrogens is 288 g/mol. The van der Waals surface area contributed by atoms with E-state index >= 15 is 0 Å². The molecule has 1 aromatic rings. The van der Waals surface area contributed by atoms with Crippen LogP contribution in [0.3, 0.4) is 0 Å². The van der Waals surface area contributed by atoms with Crippen LogP contribution in [0.1, 0.15) is 12.0 Å². The van der Waals surface area contributed by atoms with Gasteiger partial charge in [0.05, 0.1) is 4.90 Å². The number of rotatable bonds is 3. The molecule has 1 unspecified atom stereocenters. The molecule has 1 atom stereocenters. The van der Waals surface area contributed by atoms with Gasteiger partial charge in [-0.15, -0.1) is 0 Å². The molecular formula is C12H17ClN2O3S. The Hall–Kier alpha value is -0.820. The third kappa shape index (κ3) is 2.72. The highest BCUT2D eigenvalue weighted by Crippen LogP contribution is 2.30. The summed E-state index contributed by atoms with van der Waals surface area (Å²) >= 11 is 5.98. The average molecular weight is 305 g/mol. The summed E-state index contributed by atoms with van der Waals surface area (Å²) in [5.41, 5.74) is 6.80. The molecule has 0 bridgehead atoms. The van der Waals surface area contributed by atoms with Crippen molar-refractivity contribution in [2.75, 3.05) is 25.4 Å². The van der Waals surface area contributed by atoms with Crippen molar-refractivity contribution in [1.29, 1.82) is 0 Å². The molecule has 1 aliphatic heterocycles. The van der Waals surface area contributed by atoms with Crippen molar-refractivity contribution in [2.45, 2.75) is 18.2 Å². The highest BCUT2D eigenvalue weighted by atomic mass is 35.5. The topological polar surface area (TPSA) is 83.6 Å². The van der Waals surface area contributed by atoms with Crippen LogP contribution in [0.25, 0.3) is 0 Å². The second-order valence-electron chi connectivity index (χ2n) is 4.82. The number of aliphatic hydroxyl groups is 1. The zero-order valence-corrected chi connectivity index (χ0v) is 12.2. The van der Waals surface area contributed by atoms with Gasteiger partial charge in [-0.2, -0.15) is 4.31 Å². The van der Waals surface area contributed by atoms with Gasteiger partial charge in [-0.05, 0) is 37.0 Å². The molecule has 0 radical (unpaired) electrons. The number of benzene rings is 1. The zero-order valence-electron chi connectivity index (χ0n) is 10.6. The molecule has 7 heteroatoms. The van der Waals surface area contributed by atoms with E-state index in [1.807, 2.05) is 0 Å². The number of halogens is 1. The first-order valence-electron chi connectivity index (χ1n) is 6.03. The van der Waals surface area contributed by atoms with Crippen molar-refractivity contribution in [2.24, 2.45) is 5.92 Å². The van der Waals surface area contributed by atoms with Gasteiger partial charge in [-0.3, -0.25) is 0 Å². The SMILES string of the molecule is Cc1c(N)cc(S(=O)(=O)N2CCC(CO)C2)cc1Cl. The third-order valence-corrected chi connectivity index (χ3v) is 5.74. The van der Waals surface area contributed by atoms with E-state index in [-0.39, 0.29) is 17.4 Å². The summed E-state index contributed by atoms with van der Waals surface area (Å²) in [6, 6.07) is 2.86. The molecule has 3 N–H and O–H groups in total. The number of aliphatic hydroxyl groups excluding tert-OH is 1.